The molecule has 0 saturated heterocycles. The number of carbonyl (C=O) groups excluding carboxylic acids is 12. The zero-order valence-electron chi connectivity index (χ0n) is 26.3. The Morgan fingerprint density at radius 2 is 0.327 bits per heavy atom. The van der Waals surface area contributed by atoms with Crippen molar-refractivity contribution in [1.29, 1.82) is 0 Å². The summed E-state index contributed by atoms with van der Waals surface area (Å²) in [6.07, 6.45) is -10.9. The van der Waals surface area contributed by atoms with Gasteiger partial charge in [-0.3, -0.25) is 0 Å². The Labute approximate surface area is 341 Å². The van der Waals surface area contributed by atoms with Crippen molar-refractivity contribution < 1.29 is 198 Å². The van der Waals surface area contributed by atoms with E-state index in [-0.39, 0.29) is 58.4 Å². The Balaban J connectivity index is -0.000000110. The number of aliphatic hydroxyl groups is 4. The zero-order chi connectivity index (χ0) is 42.6. The van der Waals surface area contributed by atoms with Gasteiger partial charge in [0.25, 0.3) is 0 Å². The topological polar surface area (TPSA) is 562 Å². The molecule has 0 aromatic heterocycles. The first-order valence-corrected chi connectivity index (χ1v) is 12.5. The second-order valence-corrected chi connectivity index (χ2v) is 9.67. The standard InChI is InChI=1S/4C6H8O7.3Ru/c4*7-3(8)1-6(13,5(11)12)2-4(9)10;;;/h4*13H,1-2H2,(H,7,8)(H,9,10)(H,11,12);;;/q;;;;3*+4/p-12. The molecule has 31 heteroatoms. The molecule has 0 radical (unpaired) electrons. The molecule has 0 aliphatic rings. The fourth-order valence-corrected chi connectivity index (χ4v) is 2.74. The summed E-state index contributed by atoms with van der Waals surface area (Å²) in [5.41, 5.74) is -11.9. The van der Waals surface area contributed by atoms with E-state index in [1.165, 1.54) is 0 Å². The summed E-state index contributed by atoms with van der Waals surface area (Å²) < 4.78 is 0. The van der Waals surface area contributed by atoms with E-state index in [1.54, 1.807) is 0 Å². The van der Waals surface area contributed by atoms with Gasteiger partial charge in [-0.1, -0.05) is 0 Å². The van der Waals surface area contributed by atoms with Crippen LogP contribution in [0.3, 0.4) is 0 Å². The van der Waals surface area contributed by atoms with Crippen molar-refractivity contribution in [3.05, 3.63) is 0 Å². The summed E-state index contributed by atoms with van der Waals surface area (Å²) in [4.78, 5) is 120. The van der Waals surface area contributed by atoms with E-state index < -0.39 is 145 Å². The molecule has 0 aromatic rings. The Bertz CT molecular complexity index is 1130. The summed E-state index contributed by atoms with van der Waals surface area (Å²) in [5.74, 6) is -23.9. The summed E-state index contributed by atoms with van der Waals surface area (Å²) in [6.45, 7) is 0. The molecule has 0 unspecified atom stereocenters. The van der Waals surface area contributed by atoms with Gasteiger partial charge in [-0.2, -0.15) is 0 Å². The molecule has 0 aromatic carbocycles. The van der Waals surface area contributed by atoms with Crippen molar-refractivity contribution >= 4 is 71.6 Å². The fraction of sp³-hybridized carbons (Fsp3) is 0.500. The number of aliphatic carboxylic acids is 12. The van der Waals surface area contributed by atoms with E-state index >= 15 is 0 Å². The first-order valence-electron chi connectivity index (χ1n) is 12.5. The van der Waals surface area contributed by atoms with Gasteiger partial charge < -0.3 is 139 Å². The van der Waals surface area contributed by atoms with Gasteiger partial charge >= 0.3 is 58.4 Å². The van der Waals surface area contributed by atoms with Crippen molar-refractivity contribution in [3.8, 4) is 0 Å². The maximum absolute atomic E-state index is 10.1. The second-order valence-electron chi connectivity index (χ2n) is 9.67. The quantitative estimate of drug-likeness (QED) is 0.0823. The van der Waals surface area contributed by atoms with E-state index in [4.69, 9.17) is 20.4 Å². The maximum Gasteiger partial charge on any atom is 4.00 e. The summed E-state index contributed by atoms with van der Waals surface area (Å²) in [5, 5.41) is 156. The predicted molar refractivity (Wildman–Crippen MR) is 117 cm³/mol. The molecule has 0 fully saturated rings. The van der Waals surface area contributed by atoms with E-state index in [1.807, 2.05) is 0 Å². The van der Waals surface area contributed by atoms with Crippen LogP contribution in [-0.4, -0.2) is 114 Å². The minimum Gasteiger partial charge on any atom is -0.550 e. The molecule has 308 valence electrons. The predicted octanol–water partition coefficient (Wildman–Crippen LogP) is -21.0. The van der Waals surface area contributed by atoms with E-state index in [9.17, 15) is 119 Å². The number of carboxylic acids is 12. The largest absolute Gasteiger partial charge is 4.00 e. The van der Waals surface area contributed by atoms with Crippen LogP contribution in [0, 0.1) is 0 Å². The van der Waals surface area contributed by atoms with Crippen LogP contribution >= 0.6 is 0 Å². The molecule has 0 spiro atoms. The molecular weight excluding hydrogens is 1040 g/mol. The van der Waals surface area contributed by atoms with Gasteiger partial charge in [0.1, 0.15) is 22.4 Å². The molecule has 4 N–H and O–H groups in total. The molecule has 0 aliphatic heterocycles. The molecule has 0 bridgehead atoms. The van der Waals surface area contributed by atoms with Crippen LogP contribution in [0.15, 0.2) is 0 Å². The van der Waals surface area contributed by atoms with Crippen LogP contribution in [0.5, 0.6) is 0 Å². The second kappa shape index (κ2) is 28.7. The Morgan fingerprint density at radius 1 is 0.255 bits per heavy atom. The van der Waals surface area contributed by atoms with Crippen molar-refractivity contribution in [3.63, 3.8) is 0 Å². The van der Waals surface area contributed by atoms with Gasteiger partial charge in [0, 0.05) is 99.1 Å². The molecule has 0 saturated carbocycles. The zero-order valence-corrected chi connectivity index (χ0v) is 31.5. The van der Waals surface area contributed by atoms with Crippen LogP contribution in [0.1, 0.15) is 51.4 Å². The molecule has 0 atom stereocenters. The molecule has 55 heavy (non-hydrogen) atoms. The fourth-order valence-electron chi connectivity index (χ4n) is 2.74. The Hall–Kier alpha value is -4.65. The SMILES string of the molecule is O=C([O-])CC(O)(CC(=O)[O-])C(=O)[O-].O=C([O-])CC(O)(CC(=O)[O-])C(=O)[O-].O=C([O-])CC(O)(CC(=O)[O-])C(=O)[O-].O=C([O-])CC(O)(CC(=O)[O-])C(=O)[O-].[Ru+4].[Ru+4].[Ru+4]. The van der Waals surface area contributed by atoms with E-state index in [2.05, 4.69) is 0 Å². The number of rotatable bonds is 20. The van der Waals surface area contributed by atoms with Crippen LogP contribution < -0.4 is 61.3 Å². The van der Waals surface area contributed by atoms with Gasteiger partial charge in [0.15, 0.2) is 0 Å². The van der Waals surface area contributed by atoms with Gasteiger partial charge in [0.2, 0.25) is 0 Å². The summed E-state index contributed by atoms with van der Waals surface area (Å²) >= 11 is 0. The Kier molecular flexibility index (Phi) is 34.1. The number of carboxylic acid groups (broad SMARTS) is 12. The van der Waals surface area contributed by atoms with Gasteiger partial charge in [-0.05, 0) is 0 Å². The maximum atomic E-state index is 10.1. The molecule has 0 heterocycles. The summed E-state index contributed by atoms with van der Waals surface area (Å²) in [7, 11) is 0. The molecule has 28 nitrogen and oxygen atoms in total. The van der Waals surface area contributed by atoms with Crippen molar-refractivity contribution in [1.82, 2.24) is 0 Å². The van der Waals surface area contributed by atoms with Crippen molar-refractivity contribution in [2.45, 2.75) is 73.8 Å². The minimum absolute atomic E-state index is 0. The number of hydrogen-bond donors (Lipinski definition) is 4. The van der Waals surface area contributed by atoms with Crippen molar-refractivity contribution in [2.75, 3.05) is 0 Å². The van der Waals surface area contributed by atoms with Crippen LogP contribution in [0.2, 0.25) is 0 Å². The third-order valence-electron chi connectivity index (χ3n) is 5.01. The Morgan fingerprint density at radius 3 is 0.364 bits per heavy atom. The average Bonchev–Trinajstić information content (AvgIpc) is 2.85. The van der Waals surface area contributed by atoms with E-state index in [0.29, 0.717) is 0 Å². The molecular formula is C24H20O28Ru3. The van der Waals surface area contributed by atoms with Gasteiger partial charge in [-0.25, -0.2) is 0 Å². The third-order valence-corrected chi connectivity index (χ3v) is 5.01. The van der Waals surface area contributed by atoms with Gasteiger partial charge in [0.05, 0.1) is 23.9 Å². The van der Waals surface area contributed by atoms with Crippen molar-refractivity contribution in [2.24, 2.45) is 0 Å². The van der Waals surface area contributed by atoms with Crippen LogP contribution in [0.4, 0.5) is 0 Å². The molecule has 0 rings (SSSR count). The monoisotopic (exact) mass is 1060 g/mol. The number of hydrogen-bond acceptors (Lipinski definition) is 28. The number of carbonyl (C=O) groups is 12. The first kappa shape index (κ1) is 65.3. The van der Waals surface area contributed by atoms with Crippen LogP contribution in [0.25, 0.3) is 0 Å². The van der Waals surface area contributed by atoms with E-state index in [0.717, 1.165) is 0 Å². The first-order chi connectivity index (χ1) is 23.1. The third kappa shape index (κ3) is 31.4. The summed E-state index contributed by atoms with van der Waals surface area (Å²) in [6, 6.07) is 0. The van der Waals surface area contributed by atoms with Crippen LogP contribution in [-0.2, 0) is 116 Å². The van der Waals surface area contributed by atoms with Gasteiger partial charge in [-0.15, -0.1) is 0 Å². The molecule has 0 aliphatic carbocycles. The average molecular weight is 1060 g/mol. The normalized spacial score (nSPS) is 10.3. The smallest absolute Gasteiger partial charge is 0.550 e. The molecule has 0 amide bonds. The minimum atomic E-state index is -2.97.